The number of nitrogens with zero attached hydrogens (tertiary/aromatic N) is 1. The standard InChI is InChI=1S/C16H19F2NO2/c17-13-4-1-10(7-14(13)18)2-6-16(21)19-8-11-3-5-15(20)12(11)9-19/h1,4,7,11-12,15,20H,2-3,5-6,8-9H2. The van der Waals surface area contributed by atoms with Gasteiger partial charge in [0.15, 0.2) is 11.6 Å². The third kappa shape index (κ3) is 2.93. The summed E-state index contributed by atoms with van der Waals surface area (Å²) in [5.41, 5.74) is 0.627. The molecular weight excluding hydrogens is 276 g/mol. The second-order valence-corrected chi connectivity index (χ2v) is 6.12. The average molecular weight is 295 g/mol. The summed E-state index contributed by atoms with van der Waals surface area (Å²) in [6.07, 6.45) is 2.25. The Morgan fingerprint density at radius 2 is 2.05 bits per heavy atom. The number of carbonyl (C=O) groups is 1. The summed E-state index contributed by atoms with van der Waals surface area (Å²) < 4.78 is 25.9. The molecule has 5 heteroatoms. The smallest absolute Gasteiger partial charge is 0.222 e. The van der Waals surface area contributed by atoms with E-state index in [1.807, 2.05) is 0 Å². The molecule has 0 radical (unpaired) electrons. The fraction of sp³-hybridized carbons (Fsp3) is 0.562. The first-order chi connectivity index (χ1) is 10.0. The lowest BCUT2D eigenvalue weighted by atomic mass is 10.00. The molecule has 2 fully saturated rings. The maximum atomic E-state index is 13.1. The topological polar surface area (TPSA) is 40.5 Å². The Bertz CT molecular complexity index is 549. The number of aliphatic hydroxyl groups is 1. The highest BCUT2D eigenvalue weighted by Crippen LogP contribution is 2.38. The molecule has 1 aromatic carbocycles. The molecule has 1 saturated carbocycles. The third-order valence-electron chi connectivity index (χ3n) is 4.78. The molecule has 1 aliphatic carbocycles. The zero-order chi connectivity index (χ0) is 15.0. The van der Waals surface area contributed by atoms with Gasteiger partial charge in [-0.25, -0.2) is 8.78 Å². The van der Waals surface area contributed by atoms with Gasteiger partial charge in [-0.15, -0.1) is 0 Å². The van der Waals surface area contributed by atoms with Gasteiger partial charge in [0.05, 0.1) is 6.10 Å². The van der Waals surface area contributed by atoms with Crippen molar-refractivity contribution < 1.29 is 18.7 Å². The molecule has 3 unspecified atom stereocenters. The predicted octanol–water partition coefficient (Wildman–Crippen LogP) is 2.13. The molecule has 3 atom stereocenters. The lowest BCUT2D eigenvalue weighted by molar-refractivity contribution is -0.130. The van der Waals surface area contributed by atoms with Gasteiger partial charge in [0.1, 0.15) is 0 Å². The van der Waals surface area contributed by atoms with E-state index in [-0.39, 0.29) is 17.9 Å². The van der Waals surface area contributed by atoms with Crippen molar-refractivity contribution in [1.29, 1.82) is 0 Å². The Kier molecular flexibility index (Phi) is 3.93. The monoisotopic (exact) mass is 295 g/mol. The van der Waals surface area contributed by atoms with Crippen LogP contribution in [0.15, 0.2) is 18.2 Å². The number of carbonyl (C=O) groups excluding carboxylic acids is 1. The Hall–Kier alpha value is -1.49. The van der Waals surface area contributed by atoms with Crippen LogP contribution in [-0.2, 0) is 11.2 Å². The Morgan fingerprint density at radius 3 is 2.76 bits per heavy atom. The quantitative estimate of drug-likeness (QED) is 0.928. The minimum atomic E-state index is -0.876. The lowest BCUT2D eigenvalue weighted by Crippen LogP contribution is -2.31. The van der Waals surface area contributed by atoms with Crippen LogP contribution in [0.4, 0.5) is 8.78 Å². The number of fused-ring (bicyclic) bond motifs is 1. The molecule has 21 heavy (non-hydrogen) atoms. The van der Waals surface area contributed by atoms with Crippen LogP contribution in [0, 0.1) is 23.5 Å². The first kappa shape index (κ1) is 14.4. The van der Waals surface area contributed by atoms with E-state index in [1.165, 1.54) is 6.07 Å². The average Bonchev–Trinajstić information content (AvgIpc) is 3.02. The second kappa shape index (κ2) is 5.72. The molecule has 1 saturated heterocycles. The zero-order valence-corrected chi connectivity index (χ0v) is 11.8. The molecule has 3 nitrogen and oxygen atoms in total. The van der Waals surface area contributed by atoms with Crippen molar-refractivity contribution in [2.24, 2.45) is 11.8 Å². The van der Waals surface area contributed by atoms with E-state index >= 15 is 0 Å². The van der Waals surface area contributed by atoms with Gasteiger partial charge in [-0.05, 0) is 42.9 Å². The fourth-order valence-corrected chi connectivity index (χ4v) is 3.54. The third-order valence-corrected chi connectivity index (χ3v) is 4.78. The molecule has 1 N–H and O–H groups in total. The maximum Gasteiger partial charge on any atom is 0.222 e. The van der Waals surface area contributed by atoms with Crippen molar-refractivity contribution in [2.45, 2.75) is 31.8 Å². The molecule has 1 aromatic rings. The van der Waals surface area contributed by atoms with Gasteiger partial charge in [-0.2, -0.15) is 0 Å². The Labute approximate surface area is 122 Å². The molecule has 1 amide bonds. The van der Waals surface area contributed by atoms with E-state index in [4.69, 9.17) is 0 Å². The van der Waals surface area contributed by atoms with Gasteiger partial charge in [0.2, 0.25) is 5.91 Å². The van der Waals surface area contributed by atoms with Crippen LogP contribution in [0.3, 0.4) is 0 Å². The Morgan fingerprint density at radius 1 is 1.24 bits per heavy atom. The first-order valence-electron chi connectivity index (χ1n) is 7.44. The van der Waals surface area contributed by atoms with E-state index in [1.54, 1.807) is 4.90 Å². The van der Waals surface area contributed by atoms with Gasteiger partial charge in [-0.1, -0.05) is 6.07 Å². The zero-order valence-electron chi connectivity index (χ0n) is 11.8. The van der Waals surface area contributed by atoms with E-state index in [9.17, 15) is 18.7 Å². The van der Waals surface area contributed by atoms with Gasteiger partial charge < -0.3 is 10.0 Å². The van der Waals surface area contributed by atoms with Gasteiger partial charge in [0, 0.05) is 25.4 Å². The molecule has 0 spiro atoms. The maximum absolute atomic E-state index is 13.1. The van der Waals surface area contributed by atoms with Crippen LogP contribution in [0.2, 0.25) is 0 Å². The highest BCUT2D eigenvalue weighted by atomic mass is 19.2. The van der Waals surface area contributed by atoms with Crippen molar-refractivity contribution >= 4 is 5.91 Å². The van der Waals surface area contributed by atoms with Crippen molar-refractivity contribution in [1.82, 2.24) is 4.90 Å². The van der Waals surface area contributed by atoms with Crippen LogP contribution in [0.1, 0.15) is 24.8 Å². The summed E-state index contributed by atoms with van der Waals surface area (Å²) in [4.78, 5) is 14.0. The summed E-state index contributed by atoms with van der Waals surface area (Å²) >= 11 is 0. The minimum absolute atomic E-state index is 0.0290. The number of hydrogen-bond donors (Lipinski definition) is 1. The summed E-state index contributed by atoms with van der Waals surface area (Å²) in [5.74, 6) is -1.07. The molecule has 2 aliphatic rings. The highest BCUT2D eigenvalue weighted by Gasteiger charge is 2.42. The highest BCUT2D eigenvalue weighted by molar-refractivity contribution is 5.76. The number of hydrogen-bond acceptors (Lipinski definition) is 2. The second-order valence-electron chi connectivity index (χ2n) is 6.12. The predicted molar refractivity (Wildman–Crippen MR) is 73.5 cm³/mol. The fourth-order valence-electron chi connectivity index (χ4n) is 3.54. The van der Waals surface area contributed by atoms with Crippen LogP contribution in [-0.4, -0.2) is 35.1 Å². The number of aliphatic hydroxyl groups excluding tert-OH is 1. The van der Waals surface area contributed by atoms with Crippen LogP contribution < -0.4 is 0 Å². The number of amides is 1. The number of likely N-dealkylation sites (tertiary alicyclic amines) is 1. The normalized spacial score (nSPS) is 28.0. The number of aryl methyl sites for hydroxylation is 1. The largest absolute Gasteiger partial charge is 0.393 e. The lowest BCUT2D eigenvalue weighted by Gasteiger charge is -2.18. The van der Waals surface area contributed by atoms with Crippen molar-refractivity contribution in [2.75, 3.05) is 13.1 Å². The first-order valence-corrected chi connectivity index (χ1v) is 7.44. The van der Waals surface area contributed by atoms with E-state index in [0.717, 1.165) is 31.5 Å². The van der Waals surface area contributed by atoms with E-state index in [0.29, 0.717) is 30.9 Å². The van der Waals surface area contributed by atoms with Crippen LogP contribution >= 0.6 is 0 Å². The van der Waals surface area contributed by atoms with Gasteiger partial charge in [0.25, 0.3) is 0 Å². The van der Waals surface area contributed by atoms with E-state index in [2.05, 4.69) is 0 Å². The summed E-state index contributed by atoms with van der Waals surface area (Å²) in [6.45, 7) is 1.35. The summed E-state index contributed by atoms with van der Waals surface area (Å²) in [7, 11) is 0. The number of benzene rings is 1. The molecule has 1 aliphatic heterocycles. The van der Waals surface area contributed by atoms with Crippen molar-refractivity contribution in [3.8, 4) is 0 Å². The molecular formula is C16H19F2NO2. The molecule has 0 aromatic heterocycles. The van der Waals surface area contributed by atoms with Crippen LogP contribution in [0.5, 0.6) is 0 Å². The number of rotatable bonds is 3. The van der Waals surface area contributed by atoms with Crippen LogP contribution in [0.25, 0.3) is 0 Å². The van der Waals surface area contributed by atoms with Gasteiger partial charge >= 0.3 is 0 Å². The summed E-state index contributed by atoms with van der Waals surface area (Å²) in [6, 6.07) is 3.74. The molecule has 1 heterocycles. The molecule has 0 bridgehead atoms. The van der Waals surface area contributed by atoms with Gasteiger partial charge in [-0.3, -0.25) is 4.79 Å². The SMILES string of the molecule is O=C(CCc1ccc(F)c(F)c1)N1CC2CCC(O)C2C1. The Balaban J connectivity index is 1.54. The van der Waals surface area contributed by atoms with Crippen molar-refractivity contribution in [3.05, 3.63) is 35.4 Å². The van der Waals surface area contributed by atoms with Crippen molar-refractivity contribution in [3.63, 3.8) is 0 Å². The molecule has 3 rings (SSSR count). The number of halogens is 2. The van der Waals surface area contributed by atoms with E-state index < -0.39 is 11.6 Å². The minimum Gasteiger partial charge on any atom is -0.393 e. The molecule has 114 valence electrons. The summed E-state index contributed by atoms with van der Waals surface area (Å²) in [5, 5.41) is 9.85.